The van der Waals surface area contributed by atoms with Crippen molar-refractivity contribution in [3.05, 3.63) is 72.2 Å². The number of halogens is 1. The van der Waals surface area contributed by atoms with E-state index < -0.39 is 5.95 Å². The molecule has 202 valence electrons. The van der Waals surface area contributed by atoms with Crippen LogP contribution in [0.1, 0.15) is 5.56 Å². The highest BCUT2D eigenvalue weighted by Gasteiger charge is 2.18. The summed E-state index contributed by atoms with van der Waals surface area (Å²) in [5.74, 6) is -0.289. The third-order valence-electron chi connectivity index (χ3n) is 6.69. The summed E-state index contributed by atoms with van der Waals surface area (Å²) >= 11 is 0. The van der Waals surface area contributed by atoms with Crippen molar-refractivity contribution in [3.8, 4) is 11.3 Å². The minimum absolute atomic E-state index is 0.00101. The van der Waals surface area contributed by atoms with Gasteiger partial charge in [0.25, 0.3) is 0 Å². The van der Waals surface area contributed by atoms with Gasteiger partial charge < -0.3 is 20.0 Å². The van der Waals surface area contributed by atoms with E-state index in [0.29, 0.717) is 23.8 Å². The molecule has 5 rings (SSSR count). The van der Waals surface area contributed by atoms with Crippen molar-refractivity contribution >= 4 is 34.1 Å². The lowest BCUT2D eigenvalue weighted by Crippen LogP contribution is -2.44. The predicted molar refractivity (Wildman–Crippen MR) is 153 cm³/mol. The number of benzene rings is 2. The standard InChI is InChI=1S/C29H33FN8O/c1-36(2)12-6-11-24(39)18-20-7-4-8-21(17-20)26-25-27(30)34-35-28(25)33-29(32-26)31-22-9-5-10-23(19-22)38-15-13-37(3)14-16-38/h4-11,17,19H,12-16,18H2,1-3H3,(H2,31,32,33,34,35)/b11-6+. The van der Waals surface area contributed by atoms with Crippen molar-refractivity contribution in [2.75, 3.05) is 64.1 Å². The average molecular weight is 529 g/mol. The van der Waals surface area contributed by atoms with Gasteiger partial charge in [-0.1, -0.05) is 30.3 Å². The van der Waals surface area contributed by atoms with Gasteiger partial charge in [-0.15, -0.1) is 0 Å². The fourth-order valence-electron chi connectivity index (χ4n) is 4.61. The van der Waals surface area contributed by atoms with Crippen LogP contribution in [0.3, 0.4) is 0 Å². The molecule has 2 aromatic carbocycles. The third kappa shape index (κ3) is 6.47. The number of H-pyrrole nitrogens is 1. The molecule has 0 amide bonds. The van der Waals surface area contributed by atoms with Crippen LogP contribution in [-0.4, -0.2) is 89.6 Å². The Morgan fingerprint density at radius 1 is 1.10 bits per heavy atom. The van der Waals surface area contributed by atoms with Gasteiger partial charge in [0.15, 0.2) is 11.4 Å². The topological polar surface area (TPSA) is 93.3 Å². The predicted octanol–water partition coefficient (Wildman–Crippen LogP) is 3.88. The zero-order valence-electron chi connectivity index (χ0n) is 22.5. The largest absolute Gasteiger partial charge is 0.369 e. The second-order valence-electron chi connectivity index (χ2n) is 10.1. The molecule has 1 aliphatic heterocycles. The lowest BCUT2D eigenvalue weighted by molar-refractivity contribution is -0.114. The number of hydrogen-bond donors (Lipinski definition) is 2. The third-order valence-corrected chi connectivity index (χ3v) is 6.69. The van der Waals surface area contributed by atoms with Crippen molar-refractivity contribution in [3.63, 3.8) is 0 Å². The maximum atomic E-state index is 14.8. The van der Waals surface area contributed by atoms with Gasteiger partial charge in [0, 0.05) is 56.1 Å². The van der Waals surface area contributed by atoms with E-state index >= 15 is 0 Å². The Morgan fingerprint density at radius 3 is 2.69 bits per heavy atom. The molecule has 2 aromatic heterocycles. The van der Waals surface area contributed by atoms with E-state index in [2.05, 4.69) is 49.5 Å². The number of carbonyl (C=O) groups is 1. The number of fused-ring (bicyclic) bond motifs is 1. The summed E-state index contributed by atoms with van der Waals surface area (Å²) in [5.41, 5.74) is 4.08. The molecular weight excluding hydrogens is 495 g/mol. The first-order chi connectivity index (χ1) is 18.9. The Bertz CT molecular complexity index is 1490. The van der Waals surface area contributed by atoms with Crippen molar-refractivity contribution in [1.82, 2.24) is 30.0 Å². The molecule has 0 saturated carbocycles. The molecule has 0 spiro atoms. The first-order valence-corrected chi connectivity index (χ1v) is 13.0. The highest BCUT2D eigenvalue weighted by atomic mass is 19.1. The molecule has 0 unspecified atom stereocenters. The van der Waals surface area contributed by atoms with Crippen LogP contribution in [0.25, 0.3) is 22.3 Å². The van der Waals surface area contributed by atoms with Crippen molar-refractivity contribution in [1.29, 1.82) is 0 Å². The van der Waals surface area contributed by atoms with Crippen LogP contribution in [0, 0.1) is 5.95 Å². The number of likely N-dealkylation sites (N-methyl/N-ethyl adjacent to an activating group) is 2. The summed E-state index contributed by atoms with van der Waals surface area (Å²) in [4.78, 5) is 28.3. The number of piperazine rings is 1. The van der Waals surface area contributed by atoms with Crippen LogP contribution in [0.4, 0.5) is 21.7 Å². The van der Waals surface area contributed by atoms with E-state index in [1.807, 2.05) is 61.5 Å². The molecular formula is C29H33FN8O. The fraction of sp³-hybridized carbons (Fsp3) is 0.310. The Labute approximate surface area is 227 Å². The molecule has 0 bridgehead atoms. The average Bonchev–Trinajstić information content (AvgIpc) is 3.29. The highest BCUT2D eigenvalue weighted by Crippen LogP contribution is 2.30. The number of nitrogens with one attached hydrogen (secondary N) is 2. The van der Waals surface area contributed by atoms with E-state index in [1.165, 1.54) is 0 Å². The van der Waals surface area contributed by atoms with Crippen LogP contribution in [0.5, 0.6) is 0 Å². The monoisotopic (exact) mass is 528 g/mol. The first-order valence-electron chi connectivity index (χ1n) is 13.0. The van der Waals surface area contributed by atoms with Gasteiger partial charge >= 0.3 is 0 Å². The molecule has 1 saturated heterocycles. The number of carbonyl (C=O) groups excluding carboxylic acids is 1. The number of nitrogens with zero attached hydrogens (tertiary/aromatic N) is 6. The molecule has 1 fully saturated rings. The molecule has 9 nitrogen and oxygen atoms in total. The van der Waals surface area contributed by atoms with Gasteiger partial charge in [-0.05, 0) is 57.0 Å². The summed E-state index contributed by atoms with van der Waals surface area (Å²) in [6, 6.07) is 15.6. The first kappa shape index (κ1) is 26.5. The Hall–Kier alpha value is -4.15. The smallest absolute Gasteiger partial charge is 0.229 e. The second kappa shape index (κ2) is 11.7. The molecule has 4 aromatic rings. The fourth-order valence-corrected chi connectivity index (χ4v) is 4.61. The minimum Gasteiger partial charge on any atom is -0.369 e. The van der Waals surface area contributed by atoms with E-state index in [0.717, 1.165) is 43.1 Å². The van der Waals surface area contributed by atoms with Crippen LogP contribution in [0.15, 0.2) is 60.7 Å². The Kier molecular flexibility index (Phi) is 7.94. The van der Waals surface area contributed by atoms with Gasteiger partial charge in [0.2, 0.25) is 11.9 Å². The molecule has 3 heterocycles. The quantitative estimate of drug-likeness (QED) is 0.316. The number of rotatable bonds is 9. The van der Waals surface area contributed by atoms with Gasteiger partial charge in [0.1, 0.15) is 5.39 Å². The van der Waals surface area contributed by atoms with Crippen LogP contribution in [0.2, 0.25) is 0 Å². The number of allylic oxidation sites excluding steroid dienone is 1. The number of aromatic nitrogens is 4. The van der Waals surface area contributed by atoms with Gasteiger partial charge in [-0.25, -0.2) is 4.98 Å². The van der Waals surface area contributed by atoms with E-state index in [1.54, 1.807) is 6.08 Å². The number of hydrogen-bond acceptors (Lipinski definition) is 8. The lowest BCUT2D eigenvalue weighted by Gasteiger charge is -2.34. The van der Waals surface area contributed by atoms with Gasteiger partial charge in [0.05, 0.1) is 5.69 Å². The summed E-state index contributed by atoms with van der Waals surface area (Å²) in [5, 5.41) is 9.93. The van der Waals surface area contributed by atoms with E-state index in [-0.39, 0.29) is 23.2 Å². The highest BCUT2D eigenvalue weighted by molar-refractivity contribution is 5.93. The Balaban J connectivity index is 1.41. The molecule has 0 atom stereocenters. The summed E-state index contributed by atoms with van der Waals surface area (Å²) in [6.07, 6.45) is 3.69. The second-order valence-corrected chi connectivity index (χ2v) is 10.1. The summed E-state index contributed by atoms with van der Waals surface area (Å²) in [6.45, 7) is 4.65. The van der Waals surface area contributed by atoms with E-state index in [9.17, 15) is 9.18 Å². The van der Waals surface area contributed by atoms with Crippen LogP contribution >= 0.6 is 0 Å². The molecule has 0 radical (unpaired) electrons. The minimum atomic E-state index is -0.600. The lowest BCUT2D eigenvalue weighted by atomic mass is 10.0. The van der Waals surface area contributed by atoms with E-state index in [4.69, 9.17) is 4.98 Å². The maximum absolute atomic E-state index is 14.8. The summed E-state index contributed by atoms with van der Waals surface area (Å²) < 4.78 is 14.8. The van der Waals surface area contributed by atoms with Crippen LogP contribution in [-0.2, 0) is 11.2 Å². The number of aromatic amines is 1. The Morgan fingerprint density at radius 2 is 1.90 bits per heavy atom. The SMILES string of the molecule is CN(C)C/C=C/C(=O)Cc1cccc(-c2nc(Nc3cccc(N4CCN(C)CC4)c3)nc3n[nH]c(F)c23)c1. The zero-order valence-corrected chi connectivity index (χ0v) is 22.5. The van der Waals surface area contributed by atoms with Crippen molar-refractivity contribution in [2.24, 2.45) is 0 Å². The zero-order chi connectivity index (χ0) is 27.4. The molecule has 0 aliphatic carbocycles. The normalized spacial score (nSPS) is 14.5. The van der Waals surface area contributed by atoms with Crippen LogP contribution < -0.4 is 10.2 Å². The van der Waals surface area contributed by atoms with Gasteiger partial charge in [-0.2, -0.15) is 14.5 Å². The van der Waals surface area contributed by atoms with Gasteiger partial charge in [-0.3, -0.25) is 9.89 Å². The summed E-state index contributed by atoms with van der Waals surface area (Å²) in [7, 11) is 6.03. The van der Waals surface area contributed by atoms with Crippen molar-refractivity contribution < 1.29 is 9.18 Å². The molecule has 1 aliphatic rings. The number of ketones is 1. The molecule has 2 N–H and O–H groups in total. The molecule has 39 heavy (non-hydrogen) atoms. The van der Waals surface area contributed by atoms with Crippen molar-refractivity contribution in [2.45, 2.75) is 6.42 Å². The number of anilines is 3. The molecule has 10 heteroatoms. The maximum Gasteiger partial charge on any atom is 0.229 e.